The lowest BCUT2D eigenvalue weighted by Crippen LogP contribution is -2.43. The van der Waals surface area contributed by atoms with E-state index in [0.29, 0.717) is 12.5 Å². The highest BCUT2D eigenvalue weighted by atomic mass is 15.4. The monoisotopic (exact) mass is 532 g/mol. The molecule has 1 saturated heterocycles. The molecule has 2 aliphatic rings. The van der Waals surface area contributed by atoms with Crippen molar-refractivity contribution in [3.63, 3.8) is 0 Å². The van der Waals surface area contributed by atoms with Crippen LogP contribution in [0, 0.1) is 0 Å². The van der Waals surface area contributed by atoms with E-state index in [9.17, 15) is 0 Å². The number of likely N-dealkylation sites (N-methyl/N-ethyl adjacent to an activating group) is 1. The number of piperazine rings is 1. The molecule has 10 nitrogen and oxygen atoms in total. The van der Waals surface area contributed by atoms with E-state index < -0.39 is 0 Å². The predicted octanol–water partition coefficient (Wildman–Crippen LogP) is 3.23. The normalized spacial score (nSPS) is 16.3. The molecule has 0 atom stereocenters. The lowest BCUT2D eigenvalue weighted by atomic mass is 10.1. The Morgan fingerprint density at radius 1 is 0.875 bits per heavy atom. The van der Waals surface area contributed by atoms with Crippen LogP contribution < -0.4 is 10.6 Å². The van der Waals surface area contributed by atoms with Crippen molar-refractivity contribution in [3.05, 3.63) is 96.1 Å². The predicted molar refractivity (Wildman–Crippen MR) is 157 cm³/mol. The molecule has 0 unspecified atom stereocenters. The van der Waals surface area contributed by atoms with E-state index in [1.807, 2.05) is 29.3 Å². The smallest absolute Gasteiger partial charge is 0.129 e. The van der Waals surface area contributed by atoms with Crippen LogP contribution in [0.4, 0.5) is 11.4 Å². The van der Waals surface area contributed by atoms with E-state index in [4.69, 9.17) is 10.7 Å². The molecule has 0 radical (unpaired) electrons. The van der Waals surface area contributed by atoms with E-state index >= 15 is 0 Å². The van der Waals surface area contributed by atoms with E-state index in [0.717, 1.165) is 78.6 Å². The number of hydrogen-bond donors (Lipinski definition) is 1. The molecule has 0 amide bonds. The van der Waals surface area contributed by atoms with Crippen LogP contribution in [0.15, 0.2) is 84.2 Å². The number of aromatic nitrogens is 5. The SMILES string of the molecule is CN1CCN(Cc2cn(-c3ccc4c(c3)C(N)=NCN4c3ccc4c(c3)ncn4Cc3ccccc3)nn2)CC1. The summed E-state index contributed by atoms with van der Waals surface area (Å²) in [5.41, 5.74) is 14.5. The van der Waals surface area contributed by atoms with Gasteiger partial charge in [-0.3, -0.25) is 4.90 Å². The average Bonchev–Trinajstić information content (AvgIpc) is 3.62. The van der Waals surface area contributed by atoms with Crippen molar-refractivity contribution in [2.45, 2.75) is 13.1 Å². The van der Waals surface area contributed by atoms with Gasteiger partial charge in [-0.25, -0.2) is 14.7 Å². The van der Waals surface area contributed by atoms with Gasteiger partial charge in [0.25, 0.3) is 0 Å². The van der Waals surface area contributed by atoms with Gasteiger partial charge >= 0.3 is 0 Å². The summed E-state index contributed by atoms with van der Waals surface area (Å²) in [6.07, 6.45) is 3.91. The fourth-order valence-electron chi connectivity index (χ4n) is 5.49. The number of rotatable bonds is 6. The molecule has 5 aromatic rings. The number of benzene rings is 3. The van der Waals surface area contributed by atoms with Gasteiger partial charge < -0.3 is 20.1 Å². The zero-order chi connectivity index (χ0) is 27.1. The summed E-state index contributed by atoms with van der Waals surface area (Å²) in [7, 11) is 2.17. The minimum absolute atomic E-state index is 0.451. The third-order valence-electron chi connectivity index (χ3n) is 7.83. The molecule has 4 heterocycles. The first-order valence-corrected chi connectivity index (χ1v) is 13.6. The third kappa shape index (κ3) is 4.72. The number of nitrogens with zero attached hydrogens (tertiary/aromatic N) is 9. The van der Waals surface area contributed by atoms with E-state index in [1.165, 1.54) is 5.56 Å². The Bertz CT molecular complexity index is 1680. The standard InChI is InChI=1S/C30H32N10/c1-36-11-13-37(14-12-36)18-23-19-40(35-34-23)25-8-9-28-26(15-25)30(31)33-21-39(28)24-7-10-29-27(16-24)32-20-38(29)17-22-5-3-2-4-6-22/h2-10,15-16,19-20H,11-14,17-18,21H2,1H3,(H2,31,33). The second-order valence-corrected chi connectivity index (χ2v) is 10.6. The van der Waals surface area contributed by atoms with Crippen molar-refractivity contribution < 1.29 is 0 Å². The lowest BCUT2D eigenvalue weighted by molar-refractivity contribution is 0.147. The van der Waals surface area contributed by atoms with Crippen LogP contribution in [0.5, 0.6) is 0 Å². The molecule has 202 valence electrons. The fourth-order valence-corrected chi connectivity index (χ4v) is 5.49. The van der Waals surface area contributed by atoms with Gasteiger partial charge in [-0.1, -0.05) is 35.5 Å². The van der Waals surface area contributed by atoms with Crippen LogP contribution in [0.3, 0.4) is 0 Å². The zero-order valence-corrected chi connectivity index (χ0v) is 22.6. The van der Waals surface area contributed by atoms with E-state index in [-0.39, 0.29) is 0 Å². The average molecular weight is 533 g/mol. The minimum atomic E-state index is 0.451. The first-order valence-electron chi connectivity index (χ1n) is 13.6. The fraction of sp³-hybridized carbons (Fsp3) is 0.267. The first-order chi connectivity index (χ1) is 19.6. The summed E-state index contributed by atoms with van der Waals surface area (Å²) in [4.78, 5) is 16.3. The molecule has 2 N–H and O–H groups in total. The van der Waals surface area contributed by atoms with Gasteiger partial charge in [0.1, 0.15) is 12.5 Å². The summed E-state index contributed by atoms with van der Waals surface area (Å²) < 4.78 is 4.00. The number of anilines is 2. The summed E-state index contributed by atoms with van der Waals surface area (Å²) in [6, 6.07) is 23.0. The maximum absolute atomic E-state index is 6.39. The topological polar surface area (TPSA) is 96.6 Å². The maximum atomic E-state index is 6.39. The number of nitrogens with two attached hydrogens (primary N) is 1. The lowest BCUT2D eigenvalue weighted by Gasteiger charge is -2.31. The number of aliphatic imine (C=N–C) groups is 1. The number of hydrogen-bond acceptors (Lipinski definition) is 8. The van der Waals surface area contributed by atoms with Crippen molar-refractivity contribution in [2.24, 2.45) is 10.7 Å². The van der Waals surface area contributed by atoms with Crippen molar-refractivity contribution in [1.82, 2.24) is 34.3 Å². The highest BCUT2D eigenvalue weighted by Crippen LogP contribution is 2.34. The van der Waals surface area contributed by atoms with Gasteiger partial charge in [0.05, 0.1) is 40.6 Å². The molecule has 3 aromatic carbocycles. The molecule has 0 spiro atoms. The van der Waals surface area contributed by atoms with Crippen LogP contribution in [0.1, 0.15) is 16.8 Å². The van der Waals surface area contributed by atoms with Crippen LogP contribution >= 0.6 is 0 Å². The largest absolute Gasteiger partial charge is 0.383 e. The third-order valence-corrected chi connectivity index (χ3v) is 7.83. The molecule has 0 aliphatic carbocycles. The number of fused-ring (bicyclic) bond motifs is 2. The van der Waals surface area contributed by atoms with Crippen molar-refractivity contribution in [1.29, 1.82) is 0 Å². The highest BCUT2D eigenvalue weighted by Gasteiger charge is 2.22. The molecule has 10 heteroatoms. The van der Waals surface area contributed by atoms with Gasteiger partial charge in [-0.2, -0.15) is 0 Å². The van der Waals surface area contributed by atoms with E-state index in [2.05, 4.69) is 96.2 Å². The second kappa shape index (κ2) is 10.2. The molecular weight excluding hydrogens is 500 g/mol. The van der Waals surface area contributed by atoms with Gasteiger partial charge in [0, 0.05) is 50.5 Å². The molecule has 1 fully saturated rings. The van der Waals surface area contributed by atoms with Gasteiger partial charge in [0.15, 0.2) is 0 Å². The van der Waals surface area contributed by atoms with Crippen molar-refractivity contribution in [2.75, 3.05) is 44.8 Å². The highest BCUT2D eigenvalue weighted by molar-refractivity contribution is 6.05. The molecule has 2 aromatic heterocycles. The van der Waals surface area contributed by atoms with Gasteiger partial charge in [0.2, 0.25) is 0 Å². The Kier molecular flexibility index (Phi) is 6.26. The van der Waals surface area contributed by atoms with Gasteiger partial charge in [-0.15, -0.1) is 5.10 Å². The number of amidine groups is 1. The van der Waals surface area contributed by atoms with Crippen LogP contribution in [0.25, 0.3) is 16.7 Å². The molecule has 7 rings (SSSR count). The van der Waals surface area contributed by atoms with Crippen LogP contribution in [-0.2, 0) is 13.1 Å². The second-order valence-electron chi connectivity index (χ2n) is 10.6. The summed E-state index contributed by atoms with van der Waals surface area (Å²) in [6.45, 7) is 6.29. The van der Waals surface area contributed by atoms with Crippen molar-refractivity contribution >= 4 is 28.2 Å². The maximum Gasteiger partial charge on any atom is 0.129 e. The summed E-state index contributed by atoms with van der Waals surface area (Å²) >= 11 is 0. The van der Waals surface area contributed by atoms with Crippen molar-refractivity contribution in [3.8, 4) is 5.69 Å². The van der Waals surface area contributed by atoms with E-state index in [1.54, 1.807) is 0 Å². The Balaban J connectivity index is 1.13. The molecular formula is C30H32N10. The van der Waals surface area contributed by atoms with Crippen LogP contribution in [-0.4, -0.2) is 80.1 Å². The molecule has 2 aliphatic heterocycles. The first kappa shape index (κ1) is 24.5. The quantitative estimate of drug-likeness (QED) is 0.359. The Morgan fingerprint density at radius 2 is 1.70 bits per heavy atom. The molecule has 0 bridgehead atoms. The Morgan fingerprint density at radius 3 is 2.55 bits per heavy atom. The summed E-state index contributed by atoms with van der Waals surface area (Å²) in [5, 5.41) is 8.84. The minimum Gasteiger partial charge on any atom is -0.383 e. The van der Waals surface area contributed by atoms with Gasteiger partial charge in [-0.05, 0) is 49.0 Å². The Labute approximate surface area is 233 Å². The Hall–Kier alpha value is -4.54. The van der Waals surface area contributed by atoms with Crippen LogP contribution in [0.2, 0.25) is 0 Å². The zero-order valence-electron chi connectivity index (χ0n) is 22.6. The molecule has 40 heavy (non-hydrogen) atoms. The number of imidazole rings is 1. The summed E-state index contributed by atoms with van der Waals surface area (Å²) in [5.74, 6) is 0.527. The molecule has 0 saturated carbocycles.